The van der Waals surface area contributed by atoms with Crippen molar-refractivity contribution in [2.45, 2.75) is 6.18 Å². The van der Waals surface area contributed by atoms with Crippen LogP contribution in [0.2, 0.25) is 10.0 Å². The SMILES string of the molecule is CN(C)c1nc(C(F)(F)F)c(Oc2ccc(Cl)c(Cl)c2)c(=O)[nH]1. The Kier molecular flexibility index (Phi) is 4.76. The first-order chi connectivity index (χ1) is 10.6. The minimum atomic E-state index is -4.87. The fraction of sp³-hybridized carbons (Fsp3) is 0.231. The van der Waals surface area contributed by atoms with Crippen LogP contribution in [0, 0.1) is 0 Å². The molecule has 2 rings (SSSR count). The van der Waals surface area contributed by atoms with E-state index in [4.69, 9.17) is 27.9 Å². The highest BCUT2D eigenvalue weighted by molar-refractivity contribution is 6.42. The molecule has 0 atom stereocenters. The number of H-pyrrole nitrogens is 1. The molecule has 10 heteroatoms. The second-order valence-corrected chi connectivity index (χ2v) is 5.45. The molecule has 2 aromatic rings. The van der Waals surface area contributed by atoms with Crippen LogP contribution in [0.1, 0.15) is 5.69 Å². The van der Waals surface area contributed by atoms with Gasteiger partial charge in [-0.3, -0.25) is 9.78 Å². The zero-order chi connectivity index (χ0) is 17.4. The standard InChI is InChI=1S/C13H10Cl2F3N3O2/c1-21(2)12-19-10(13(16,17)18)9(11(22)20-12)23-6-3-4-7(14)8(15)5-6/h3-5H,1-2H3,(H,19,20,22). The normalized spacial score (nSPS) is 11.4. The molecule has 0 unspecified atom stereocenters. The molecule has 0 aliphatic carbocycles. The van der Waals surface area contributed by atoms with Crippen molar-refractivity contribution in [2.24, 2.45) is 0 Å². The molecule has 0 saturated carbocycles. The first-order valence-electron chi connectivity index (χ1n) is 6.11. The van der Waals surface area contributed by atoms with Gasteiger partial charge >= 0.3 is 6.18 Å². The lowest BCUT2D eigenvalue weighted by Crippen LogP contribution is -2.24. The van der Waals surface area contributed by atoms with Crippen molar-refractivity contribution >= 4 is 29.2 Å². The lowest BCUT2D eigenvalue weighted by Gasteiger charge is -2.16. The fourth-order valence-electron chi connectivity index (χ4n) is 1.61. The molecule has 0 spiro atoms. The van der Waals surface area contributed by atoms with E-state index < -0.39 is 23.2 Å². The van der Waals surface area contributed by atoms with E-state index in [1.807, 2.05) is 0 Å². The summed E-state index contributed by atoms with van der Waals surface area (Å²) in [4.78, 5) is 18.8. The van der Waals surface area contributed by atoms with Gasteiger partial charge in [0.25, 0.3) is 5.56 Å². The molecule has 0 saturated heterocycles. The summed E-state index contributed by atoms with van der Waals surface area (Å²) >= 11 is 11.5. The first kappa shape index (κ1) is 17.4. The molecular weight excluding hydrogens is 358 g/mol. The van der Waals surface area contributed by atoms with E-state index in [9.17, 15) is 18.0 Å². The van der Waals surface area contributed by atoms with Crippen molar-refractivity contribution in [2.75, 3.05) is 19.0 Å². The maximum atomic E-state index is 13.2. The highest BCUT2D eigenvalue weighted by Crippen LogP contribution is 2.36. The summed E-state index contributed by atoms with van der Waals surface area (Å²) in [7, 11) is 2.88. The van der Waals surface area contributed by atoms with Gasteiger partial charge in [-0.2, -0.15) is 13.2 Å². The van der Waals surface area contributed by atoms with Crippen LogP contribution in [0.4, 0.5) is 19.1 Å². The molecule has 5 nitrogen and oxygen atoms in total. The van der Waals surface area contributed by atoms with Crippen molar-refractivity contribution in [1.29, 1.82) is 0 Å². The van der Waals surface area contributed by atoms with Gasteiger partial charge in [0, 0.05) is 20.2 Å². The Morgan fingerprint density at radius 3 is 2.39 bits per heavy atom. The van der Waals surface area contributed by atoms with Gasteiger partial charge in [-0.05, 0) is 12.1 Å². The zero-order valence-corrected chi connectivity index (χ0v) is 13.3. The van der Waals surface area contributed by atoms with Gasteiger partial charge < -0.3 is 9.64 Å². The minimum absolute atomic E-state index is 0.0743. The topological polar surface area (TPSA) is 58.2 Å². The summed E-state index contributed by atoms with van der Waals surface area (Å²) in [5, 5.41) is 0.275. The molecule has 0 aliphatic rings. The summed E-state index contributed by atoms with van der Waals surface area (Å²) in [5.74, 6) is -1.29. The van der Waals surface area contributed by atoms with E-state index >= 15 is 0 Å². The molecule has 1 aromatic carbocycles. The lowest BCUT2D eigenvalue weighted by atomic mass is 10.3. The average Bonchev–Trinajstić information content (AvgIpc) is 2.43. The summed E-state index contributed by atoms with van der Waals surface area (Å²) in [6, 6.07) is 3.82. The highest BCUT2D eigenvalue weighted by Gasteiger charge is 2.39. The summed E-state index contributed by atoms with van der Waals surface area (Å²) in [6.07, 6.45) is -4.87. The maximum absolute atomic E-state index is 13.2. The lowest BCUT2D eigenvalue weighted by molar-refractivity contribution is -0.142. The van der Waals surface area contributed by atoms with Gasteiger partial charge in [0.15, 0.2) is 5.69 Å². The number of rotatable bonds is 3. The molecule has 0 bridgehead atoms. The second-order valence-electron chi connectivity index (χ2n) is 4.64. The number of nitrogens with one attached hydrogen (secondary N) is 1. The zero-order valence-electron chi connectivity index (χ0n) is 11.8. The number of alkyl halides is 3. The summed E-state index contributed by atoms with van der Waals surface area (Å²) in [6.45, 7) is 0. The number of benzene rings is 1. The molecular formula is C13H10Cl2F3N3O2. The number of hydrogen-bond donors (Lipinski definition) is 1. The van der Waals surface area contributed by atoms with E-state index in [2.05, 4.69) is 9.97 Å². The van der Waals surface area contributed by atoms with Crippen LogP contribution in [-0.2, 0) is 6.18 Å². The summed E-state index contributed by atoms with van der Waals surface area (Å²) < 4.78 is 44.5. The van der Waals surface area contributed by atoms with Gasteiger partial charge in [0.05, 0.1) is 10.0 Å². The van der Waals surface area contributed by atoms with E-state index in [1.54, 1.807) is 0 Å². The first-order valence-corrected chi connectivity index (χ1v) is 6.87. The molecule has 0 aliphatic heterocycles. The summed E-state index contributed by atoms with van der Waals surface area (Å²) in [5.41, 5.74) is -2.50. The Bertz CT molecular complexity index is 791. The number of anilines is 1. The van der Waals surface area contributed by atoms with E-state index in [0.29, 0.717) is 0 Å². The largest absolute Gasteiger partial charge is 0.449 e. The second kappa shape index (κ2) is 6.29. The maximum Gasteiger partial charge on any atom is 0.437 e. The number of nitrogens with zero attached hydrogens (tertiary/aromatic N) is 2. The molecule has 1 aromatic heterocycles. The van der Waals surface area contributed by atoms with Crippen LogP contribution in [0.3, 0.4) is 0 Å². The number of ether oxygens (including phenoxy) is 1. The predicted octanol–water partition coefficient (Wildman–Crippen LogP) is 3.95. The number of halogens is 5. The van der Waals surface area contributed by atoms with Crippen LogP contribution in [0.15, 0.2) is 23.0 Å². The van der Waals surface area contributed by atoms with Crippen LogP contribution in [0.25, 0.3) is 0 Å². The Morgan fingerprint density at radius 2 is 1.87 bits per heavy atom. The van der Waals surface area contributed by atoms with Crippen molar-refractivity contribution in [3.05, 3.63) is 44.3 Å². The third kappa shape index (κ3) is 3.89. The van der Waals surface area contributed by atoms with Gasteiger partial charge in [-0.1, -0.05) is 23.2 Å². The monoisotopic (exact) mass is 367 g/mol. The predicted molar refractivity (Wildman–Crippen MR) is 80.7 cm³/mol. The molecule has 23 heavy (non-hydrogen) atoms. The number of aromatic amines is 1. The van der Waals surface area contributed by atoms with Crippen LogP contribution in [0.5, 0.6) is 11.5 Å². The van der Waals surface area contributed by atoms with Gasteiger partial charge in [0.1, 0.15) is 5.75 Å². The average molecular weight is 368 g/mol. The van der Waals surface area contributed by atoms with E-state index in [1.165, 1.54) is 37.2 Å². The van der Waals surface area contributed by atoms with Gasteiger partial charge in [-0.25, -0.2) is 4.98 Å². The van der Waals surface area contributed by atoms with Crippen LogP contribution < -0.4 is 15.2 Å². The van der Waals surface area contributed by atoms with Crippen molar-refractivity contribution < 1.29 is 17.9 Å². The molecule has 0 amide bonds. The van der Waals surface area contributed by atoms with Crippen LogP contribution in [-0.4, -0.2) is 24.1 Å². The fourth-order valence-corrected chi connectivity index (χ4v) is 1.90. The molecule has 0 fully saturated rings. The van der Waals surface area contributed by atoms with Crippen molar-refractivity contribution in [3.63, 3.8) is 0 Å². The van der Waals surface area contributed by atoms with E-state index in [-0.39, 0.29) is 21.7 Å². The number of hydrogen-bond acceptors (Lipinski definition) is 4. The molecule has 1 heterocycles. The highest BCUT2D eigenvalue weighted by atomic mass is 35.5. The smallest absolute Gasteiger partial charge is 0.437 e. The Morgan fingerprint density at radius 1 is 1.22 bits per heavy atom. The van der Waals surface area contributed by atoms with Gasteiger partial charge in [0.2, 0.25) is 11.7 Å². The minimum Gasteiger partial charge on any atom is -0.449 e. The van der Waals surface area contributed by atoms with E-state index in [0.717, 1.165) is 0 Å². The third-order valence-electron chi connectivity index (χ3n) is 2.67. The van der Waals surface area contributed by atoms with Gasteiger partial charge in [-0.15, -0.1) is 0 Å². The third-order valence-corrected chi connectivity index (χ3v) is 3.41. The molecule has 1 N–H and O–H groups in total. The number of aromatic nitrogens is 2. The quantitative estimate of drug-likeness (QED) is 0.891. The molecule has 0 radical (unpaired) electrons. The van der Waals surface area contributed by atoms with Crippen molar-refractivity contribution in [3.8, 4) is 11.5 Å². The van der Waals surface area contributed by atoms with Crippen LogP contribution >= 0.6 is 23.2 Å². The Balaban J connectivity index is 2.56. The molecule has 124 valence electrons. The van der Waals surface area contributed by atoms with Crippen molar-refractivity contribution in [1.82, 2.24) is 9.97 Å². The Hall–Kier alpha value is -1.93. The Labute approximate surface area is 138 Å².